The third-order valence-electron chi connectivity index (χ3n) is 2.76. The maximum absolute atomic E-state index is 11.6. The van der Waals surface area contributed by atoms with E-state index in [0.717, 1.165) is 11.3 Å². The fraction of sp³-hybridized carbons (Fsp3) is 0.571. The van der Waals surface area contributed by atoms with E-state index in [0.29, 0.717) is 18.1 Å². The molecule has 0 fully saturated rings. The van der Waals surface area contributed by atoms with E-state index in [1.807, 2.05) is 20.8 Å². The van der Waals surface area contributed by atoms with E-state index in [2.05, 4.69) is 13.8 Å². The molecule has 0 aliphatic carbocycles. The van der Waals surface area contributed by atoms with Gasteiger partial charge in [0.25, 0.3) is 9.05 Å². The highest BCUT2D eigenvalue weighted by atomic mass is 35.7. The molecule has 0 aliphatic heterocycles. The second-order valence-corrected chi connectivity index (χ2v) is 7.99. The average Bonchev–Trinajstić information content (AvgIpc) is 2.25. The predicted octanol–water partition coefficient (Wildman–Crippen LogP) is 4.08. The zero-order valence-corrected chi connectivity index (χ0v) is 13.6. The van der Waals surface area contributed by atoms with E-state index < -0.39 is 9.05 Å². The minimum Gasteiger partial charge on any atom is -0.493 e. The molecule has 0 spiro atoms. The number of ether oxygens (including phenoxy) is 1. The van der Waals surface area contributed by atoms with Gasteiger partial charge >= 0.3 is 0 Å². The lowest BCUT2D eigenvalue weighted by Gasteiger charge is -2.17. The first-order valence-corrected chi connectivity index (χ1v) is 8.65. The molecule has 19 heavy (non-hydrogen) atoms. The van der Waals surface area contributed by atoms with Crippen LogP contribution in [0.2, 0.25) is 0 Å². The minimum atomic E-state index is -3.73. The summed E-state index contributed by atoms with van der Waals surface area (Å²) in [4.78, 5) is 0.179. The summed E-state index contributed by atoms with van der Waals surface area (Å²) in [6.07, 6.45) is 0. The van der Waals surface area contributed by atoms with Gasteiger partial charge in [-0.1, -0.05) is 27.7 Å². The van der Waals surface area contributed by atoms with Gasteiger partial charge in [-0.05, 0) is 42.0 Å². The molecule has 0 aromatic heterocycles. The van der Waals surface area contributed by atoms with Crippen LogP contribution in [0.5, 0.6) is 5.75 Å². The Labute approximate surface area is 120 Å². The van der Waals surface area contributed by atoms with Crippen molar-refractivity contribution in [1.29, 1.82) is 0 Å². The maximum Gasteiger partial charge on any atom is 0.261 e. The lowest BCUT2D eigenvalue weighted by Crippen LogP contribution is -2.08. The van der Waals surface area contributed by atoms with Crippen molar-refractivity contribution in [2.24, 2.45) is 5.92 Å². The molecule has 0 atom stereocenters. The van der Waals surface area contributed by atoms with Crippen molar-refractivity contribution >= 4 is 19.7 Å². The van der Waals surface area contributed by atoms with Gasteiger partial charge in [-0.2, -0.15) is 0 Å². The molecular weight excluding hydrogens is 284 g/mol. The Morgan fingerprint density at radius 1 is 1.21 bits per heavy atom. The molecule has 0 amide bonds. The van der Waals surface area contributed by atoms with Crippen LogP contribution in [-0.4, -0.2) is 15.0 Å². The topological polar surface area (TPSA) is 43.4 Å². The van der Waals surface area contributed by atoms with Crippen molar-refractivity contribution < 1.29 is 13.2 Å². The van der Waals surface area contributed by atoms with Gasteiger partial charge in [-0.15, -0.1) is 0 Å². The number of benzene rings is 1. The van der Waals surface area contributed by atoms with Crippen LogP contribution in [0.15, 0.2) is 17.0 Å². The van der Waals surface area contributed by atoms with Gasteiger partial charge < -0.3 is 4.74 Å². The lowest BCUT2D eigenvalue weighted by atomic mass is 10.0. The highest BCUT2D eigenvalue weighted by Crippen LogP contribution is 2.33. The molecule has 0 bridgehead atoms. The Kier molecular flexibility index (Phi) is 5.27. The predicted molar refractivity (Wildman–Crippen MR) is 78.6 cm³/mol. The monoisotopic (exact) mass is 304 g/mol. The largest absolute Gasteiger partial charge is 0.493 e. The number of rotatable bonds is 5. The fourth-order valence-electron chi connectivity index (χ4n) is 1.75. The van der Waals surface area contributed by atoms with Crippen LogP contribution < -0.4 is 4.74 Å². The molecule has 0 unspecified atom stereocenters. The molecule has 1 rings (SSSR count). The van der Waals surface area contributed by atoms with Crippen molar-refractivity contribution in [1.82, 2.24) is 0 Å². The summed E-state index contributed by atoms with van der Waals surface area (Å²) in [5.41, 5.74) is 1.48. The number of halogens is 1. The van der Waals surface area contributed by atoms with Gasteiger partial charge in [-0.25, -0.2) is 8.42 Å². The molecule has 0 radical (unpaired) electrons. The van der Waals surface area contributed by atoms with Crippen molar-refractivity contribution in [3.8, 4) is 5.75 Å². The summed E-state index contributed by atoms with van der Waals surface area (Å²) in [6.45, 7) is 10.4. The van der Waals surface area contributed by atoms with Crippen LogP contribution in [0, 0.1) is 12.8 Å². The molecule has 5 heteroatoms. The van der Waals surface area contributed by atoms with Crippen LogP contribution in [0.1, 0.15) is 44.7 Å². The van der Waals surface area contributed by atoms with Crippen molar-refractivity contribution in [3.63, 3.8) is 0 Å². The van der Waals surface area contributed by atoms with Gasteiger partial charge in [0.05, 0.1) is 11.5 Å². The SMILES string of the molecule is Cc1cc(S(=O)(=O)Cl)c(C(C)C)cc1OCC(C)C. The molecule has 1 aromatic rings. The summed E-state index contributed by atoms with van der Waals surface area (Å²) in [7, 11) is 1.76. The van der Waals surface area contributed by atoms with Crippen LogP contribution in [0.4, 0.5) is 0 Å². The smallest absolute Gasteiger partial charge is 0.261 e. The van der Waals surface area contributed by atoms with E-state index in [1.165, 1.54) is 0 Å². The Balaban J connectivity index is 3.29. The molecule has 0 heterocycles. The quantitative estimate of drug-likeness (QED) is 0.770. The summed E-state index contributed by atoms with van der Waals surface area (Å²) in [5.74, 6) is 1.20. The van der Waals surface area contributed by atoms with Crippen LogP contribution in [0.25, 0.3) is 0 Å². The second kappa shape index (κ2) is 6.14. The van der Waals surface area contributed by atoms with E-state index in [1.54, 1.807) is 12.1 Å². The Hall–Kier alpha value is -0.740. The van der Waals surface area contributed by atoms with Gasteiger partial charge in [0, 0.05) is 10.7 Å². The molecule has 0 saturated carbocycles. The first-order chi connectivity index (χ1) is 8.62. The Morgan fingerprint density at radius 3 is 2.21 bits per heavy atom. The third kappa shape index (κ3) is 4.39. The summed E-state index contributed by atoms with van der Waals surface area (Å²) in [6, 6.07) is 3.38. The first-order valence-electron chi connectivity index (χ1n) is 6.35. The zero-order valence-electron chi connectivity index (χ0n) is 12.0. The van der Waals surface area contributed by atoms with Crippen LogP contribution in [0.3, 0.4) is 0 Å². The Morgan fingerprint density at radius 2 is 1.79 bits per heavy atom. The van der Waals surface area contributed by atoms with E-state index in [9.17, 15) is 8.42 Å². The summed E-state index contributed by atoms with van der Waals surface area (Å²) in [5, 5.41) is 0. The average molecular weight is 305 g/mol. The van der Waals surface area contributed by atoms with E-state index in [4.69, 9.17) is 15.4 Å². The summed E-state index contributed by atoms with van der Waals surface area (Å²) >= 11 is 0. The number of aryl methyl sites for hydroxylation is 1. The molecule has 0 aliphatic rings. The van der Waals surface area contributed by atoms with Gasteiger partial charge in [0.2, 0.25) is 0 Å². The minimum absolute atomic E-state index is 0.0607. The first kappa shape index (κ1) is 16.3. The summed E-state index contributed by atoms with van der Waals surface area (Å²) < 4.78 is 28.9. The number of hydrogen-bond acceptors (Lipinski definition) is 3. The van der Waals surface area contributed by atoms with Gasteiger partial charge in [0.1, 0.15) is 5.75 Å². The lowest BCUT2D eigenvalue weighted by molar-refractivity contribution is 0.269. The molecule has 0 N–H and O–H groups in total. The molecule has 1 aromatic carbocycles. The molecule has 108 valence electrons. The van der Waals surface area contributed by atoms with Crippen molar-refractivity contribution in [3.05, 3.63) is 23.3 Å². The fourth-order valence-corrected chi connectivity index (χ4v) is 3.05. The normalized spacial score (nSPS) is 12.2. The van der Waals surface area contributed by atoms with Gasteiger partial charge in [0.15, 0.2) is 0 Å². The van der Waals surface area contributed by atoms with Gasteiger partial charge in [-0.3, -0.25) is 0 Å². The second-order valence-electron chi connectivity index (χ2n) is 5.45. The van der Waals surface area contributed by atoms with Crippen molar-refractivity contribution in [2.75, 3.05) is 6.61 Å². The van der Waals surface area contributed by atoms with E-state index in [-0.39, 0.29) is 10.8 Å². The van der Waals surface area contributed by atoms with Crippen molar-refractivity contribution in [2.45, 2.75) is 45.4 Å². The standard InChI is InChI=1S/C14H21ClO3S/c1-9(2)8-18-13-7-12(10(3)4)14(6-11(13)5)19(15,16)17/h6-7,9-10H,8H2,1-5H3. The molecule has 3 nitrogen and oxygen atoms in total. The third-order valence-corrected chi connectivity index (χ3v) is 4.14. The van der Waals surface area contributed by atoms with E-state index >= 15 is 0 Å². The molecule has 0 saturated heterocycles. The maximum atomic E-state index is 11.6. The Bertz CT molecular complexity index is 548. The highest BCUT2D eigenvalue weighted by Gasteiger charge is 2.20. The number of hydrogen-bond donors (Lipinski definition) is 0. The van der Waals surface area contributed by atoms with Crippen LogP contribution >= 0.6 is 10.7 Å². The highest BCUT2D eigenvalue weighted by molar-refractivity contribution is 8.13. The molecular formula is C14H21ClO3S. The zero-order chi connectivity index (χ0) is 14.8. The van der Waals surface area contributed by atoms with Crippen LogP contribution in [-0.2, 0) is 9.05 Å².